The number of nitrogens with zero attached hydrogens (tertiary/aromatic N) is 2. The molecule has 0 aliphatic carbocycles. The fraction of sp³-hybridized carbons (Fsp3) is 0.281. The molecule has 0 spiro atoms. The van der Waals surface area contributed by atoms with Gasteiger partial charge in [-0.05, 0) is 55.4 Å². The van der Waals surface area contributed by atoms with Crippen LogP contribution in [-0.4, -0.2) is 48.8 Å². The average Bonchev–Trinajstić information content (AvgIpc) is 3.54. The maximum Gasteiger partial charge on any atom is 0.408 e. The molecule has 42 heavy (non-hydrogen) atoms. The van der Waals surface area contributed by atoms with E-state index in [1.54, 1.807) is 37.6 Å². The van der Waals surface area contributed by atoms with Gasteiger partial charge in [-0.1, -0.05) is 56.3 Å². The third kappa shape index (κ3) is 8.11. The van der Waals surface area contributed by atoms with E-state index in [0.717, 1.165) is 29.8 Å². The number of amides is 3. The number of nitrogens with one attached hydrogen (secondary N) is 3. The van der Waals surface area contributed by atoms with Gasteiger partial charge in [-0.3, -0.25) is 4.90 Å². The lowest BCUT2D eigenvalue weighted by Gasteiger charge is -2.26. The number of methoxy groups -OCH3 is 1. The molecule has 4 aromatic rings. The number of oxazole rings is 1. The minimum Gasteiger partial charge on any atom is -0.496 e. The number of hydrogen-bond acceptors (Lipinski definition) is 7. The predicted molar refractivity (Wildman–Crippen MR) is 163 cm³/mol. The highest BCUT2D eigenvalue weighted by molar-refractivity contribution is 6.00. The Kier molecular flexibility index (Phi) is 10.5. The van der Waals surface area contributed by atoms with E-state index >= 15 is 0 Å². The van der Waals surface area contributed by atoms with E-state index in [-0.39, 0.29) is 6.04 Å². The molecule has 0 aliphatic rings. The molecule has 0 saturated carbocycles. The fourth-order valence-corrected chi connectivity index (χ4v) is 4.52. The quantitative estimate of drug-likeness (QED) is 0.170. The van der Waals surface area contributed by atoms with Crippen molar-refractivity contribution in [2.45, 2.75) is 32.9 Å². The van der Waals surface area contributed by atoms with Gasteiger partial charge in [0.2, 0.25) is 0 Å². The van der Waals surface area contributed by atoms with Crippen LogP contribution in [0.25, 0.3) is 11.3 Å². The van der Waals surface area contributed by atoms with Gasteiger partial charge in [-0.2, -0.15) is 0 Å². The number of carbonyl (C=O) groups is 2. The zero-order valence-electron chi connectivity index (χ0n) is 24.3. The molecular weight excluding hydrogens is 534 g/mol. The van der Waals surface area contributed by atoms with Gasteiger partial charge in [0.15, 0.2) is 12.2 Å². The van der Waals surface area contributed by atoms with Crippen molar-refractivity contribution in [3.05, 3.63) is 96.5 Å². The SMILES string of the molecule is CCN(CC)C[C@@H](OC(=O)N[C@H](C)c1cccc(NC(=O)Nc2ccc(-c3cnco3)c(OC)c2)c1)c1ccccc1. The van der Waals surface area contributed by atoms with Crippen molar-refractivity contribution in [3.8, 4) is 17.1 Å². The second-order valence-corrected chi connectivity index (χ2v) is 9.64. The number of alkyl carbamates (subject to hydrolysis) is 1. The lowest BCUT2D eigenvalue weighted by Crippen LogP contribution is -2.34. The molecule has 1 heterocycles. The smallest absolute Gasteiger partial charge is 0.408 e. The number of hydrogen-bond donors (Lipinski definition) is 3. The predicted octanol–water partition coefficient (Wildman–Crippen LogP) is 6.86. The Balaban J connectivity index is 1.36. The summed E-state index contributed by atoms with van der Waals surface area (Å²) < 4.78 is 16.7. The van der Waals surface area contributed by atoms with Crippen molar-refractivity contribution >= 4 is 23.5 Å². The van der Waals surface area contributed by atoms with Crippen molar-refractivity contribution < 1.29 is 23.5 Å². The summed E-state index contributed by atoms with van der Waals surface area (Å²) in [5, 5.41) is 8.57. The summed E-state index contributed by atoms with van der Waals surface area (Å²) in [6, 6.07) is 21.5. The summed E-state index contributed by atoms with van der Waals surface area (Å²) in [5.41, 5.74) is 3.58. The number of urea groups is 1. The zero-order valence-corrected chi connectivity index (χ0v) is 24.3. The number of ether oxygens (including phenoxy) is 2. The first-order chi connectivity index (χ1) is 20.4. The summed E-state index contributed by atoms with van der Waals surface area (Å²) in [6.07, 6.45) is 2.02. The molecule has 1 aromatic heterocycles. The standard InChI is InChI=1S/C32H37N5O5/c1-5-37(6-2)20-30(23-11-8-7-9-12-23)42-32(39)34-22(3)24-13-10-14-25(17-24)35-31(38)36-26-15-16-27(28(18-26)40-4)29-19-33-21-41-29/h7-19,21-22,30H,5-6,20H2,1-4H3,(H,34,39)(H2,35,36,38)/t22-,30-/m1/s1. The van der Waals surface area contributed by atoms with Gasteiger partial charge < -0.3 is 29.8 Å². The molecule has 0 fully saturated rings. The number of benzene rings is 3. The van der Waals surface area contributed by atoms with Crippen molar-refractivity contribution in [2.75, 3.05) is 37.4 Å². The van der Waals surface area contributed by atoms with Gasteiger partial charge in [-0.15, -0.1) is 0 Å². The Morgan fingerprint density at radius 3 is 2.31 bits per heavy atom. The van der Waals surface area contributed by atoms with Crippen molar-refractivity contribution in [3.63, 3.8) is 0 Å². The van der Waals surface area contributed by atoms with E-state index in [4.69, 9.17) is 13.9 Å². The van der Waals surface area contributed by atoms with Crippen molar-refractivity contribution in [2.24, 2.45) is 0 Å². The lowest BCUT2D eigenvalue weighted by atomic mass is 10.1. The maximum absolute atomic E-state index is 12.9. The minimum atomic E-state index is -0.512. The molecule has 3 aromatic carbocycles. The third-order valence-electron chi connectivity index (χ3n) is 6.88. The molecule has 10 heteroatoms. The molecule has 0 bridgehead atoms. The maximum atomic E-state index is 12.9. The van der Waals surface area contributed by atoms with Gasteiger partial charge in [0.05, 0.1) is 24.9 Å². The summed E-state index contributed by atoms with van der Waals surface area (Å²) in [4.78, 5) is 31.8. The van der Waals surface area contributed by atoms with E-state index in [2.05, 4.69) is 39.7 Å². The van der Waals surface area contributed by atoms with Gasteiger partial charge in [0, 0.05) is 24.0 Å². The van der Waals surface area contributed by atoms with E-state index in [1.165, 1.54) is 6.39 Å². The van der Waals surface area contributed by atoms with E-state index in [9.17, 15) is 9.59 Å². The minimum absolute atomic E-state index is 0.361. The molecule has 0 aliphatic heterocycles. The highest BCUT2D eigenvalue weighted by Gasteiger charge is 2.21. The molecule has 0 saturated heterocycles. The van der Waals surface area contributed by atoms with Crippen LogP contribution in [0.15, 0.2) is 89.8 Å². The Morgan fingerprint density at radius 1 is 0.929 bits per heavy atom. The first kappa shape index (κ1) is 30.1. The molecule has 3 amide bonds. The van der Waals surface area contributed by atoms with Gasteiger partial charge in [-0.25, -0.2) is 14.6 Å². The van der Waals surface area contributed by atoms with Crippen molar-refractivity contribution in [1.29, 1.82) is 0 Å². The summed E-state index contributed by atoms with van der Waals surface area (Å²) in [5.74, 6) is 1.09. The van der Waals surface area contributed by atoms with Gasteiger partial charge in [0.25, 0.3) is 0 Å². The average molecular weight is 572 g/mol. The summed E-state index contributed by atoms with van der Waals surface area (Å²) in [7, 11) is 1.54. The van der Waals surface area contributed by atoms with Crippen LogP contribution in [0, 0.1) is 0 Å². The highest BCUT2D eigenvalue weighted by Crippen LogP contribution is 2.32. The molecule has 0 radical (unpaired) electrons. The first-order valence-electron chi connectivity index (χ1n) is 13.9. The molecule has 2 atom stereocenters. The molecule has 0 unspecified atom stereocenters. The fourth-order valence-electron chi connectivity index (χ4n) is 4.52. The molecule has 4 rings (SSSR count). The van der Waals surface area contributed by atoms with Crippen LogP contribution in [0.5, 0.6) is 5.75 Å². The lowest BCUT2D eigenvalue weighted by molar-refractivity contribution is 0.0700. The normalized spacial score (nSPS) is 12.3. The molecule has 220 valence electrons. The topological polar surface area (TPSA) is 118 Å². The van der Waals surface area contributed by atoms with Crippen molar-refractivity contribution in [1.82, 2.24) is 15.2 Å². The van der Waals surface area contributed by atoms with Crippen LogP contribution in [0.4, 0.5) is 21.0 Å². The monoisotopic (exact) mass is 571 g/mol. The summed E-state index contributed by atoms with van der Waals surface area (Å²) >= 11 is 0. The van der Waals surface area contributed by atoms with Crippen LogP contribution in [0.1, 0.15) is 44.0 Å². The largest absolute Gasteiger partial charge is 0.496 e. The third-order valence-corrected chi connectivity index (χ3v) is 6.88. The Bertz CT molecular complexity index is 1440. The van der Waals surface area contributed by atoms with Crippen LogP contribution in [-0.2, 0) is 4.74 Å². The molecule has 3 N–H and O–H groups in total. The Labute approximate surface area is 246 Å². The van der Waals surface area contributed by atoms with E-state index < -0.39 is 18.2 Å². The number of likely N-dealkylation sites (N-methyl/N-ethyl adjacent to an activating group) is 1. The molecular formula is C32H37N5O5. The van der Waals surface area contributed by atoms with Gasteiger partial charge in [0.1, 0.15) is 11.9 Å². The molecule has 10 nitrogen and oxygen atoms in total. The van der Waals surface area contributed by atoms with Crippen LogP contribution in [0.3, 0.4) is 0 Å². The number of rotatable bonds is 12. The number of carbonyl (C=O) groups excluding carboxylic acids is 2. The number of anilines is 2. The zero-order chi connectivity index (χ0) is 29.9. The number of aromatic nitrogens is 1. The van der Waals surface area contributed by atoms with Crippen LogP contribution >= 0.6 is 0 Å². The van der Waals surface area contributed by atoms with E-state index in [0.29, 0.717) is 29.4 Å². The van der Waals surface area contributed by atoms with Gasteiger partial charge >= 0.3 is 12.1 Å². The Morgan fingerprint density at radius 2 is 1.64 bits per heavy atom. The second kappa shape index (κ2) is 14.7. The Hall–Kier alpha value is -4.83. The summed E-state index contributed by atoms with van der Waals surface area (Å²) in [6.45, 7) is 8.35. The van der Waals surface area contributed by atoms with Crippen LogP contribution < -0.4 is 20.7 Å². The first-order valence-corrected chi connectivity index (χ1v) is 13.9. The van der Waals surface area contributed by atoms with E-state index in [1.807, 2.05) is 55.5 Å². The van der Waals surface area contributed by atoms with Crippen LogP contribution in [0.2, 0.25) is 0 Å². The highest BCUT2D eigenvalue weighted by atomic mass is 16.6. The second-order valence-electron chi connectivity index (χ2n) is 9.64.